The van der Waals surface area contributed by atoms with Crippen LogP contribution in [-0.4, -0.2) is 0 Å². The third-order valence-corrected chi connectivity index (χ3v) is 2.18. The zero-order chi connectivity index (χ0) is 10.9. The SMILES string of the molecule is CC(C)(C)Cc1ccc(F)c(Cl)c1F. The van der Waals surface area contributed by atoms with Crippen LogP contribution in [0.3, 0.4) is 0 Å². The van der Waals surface area contributed by atoms with Gasteiger partial charge in [-0.2, -0.15) is 0 Å². The van der Waals surface area contributed by atoms with Crippen LogP contribution in [0, 0.1) is 17.0 Å². The Hall–Kier alpha value is -0.630. The summed E-state index contributed by atoms with van der Waals surface area (Å²) in [5.41, 5.74) is 0.422. The minimum Gasteiger partial charge on any atom is -0.205 e. The zero-order valence-electron chi connectivity index (χ0n) is 8.50. The third kappa shape index (κ3) is 2.68. The predicted octanol–water partition coefficient (Wildman–Crippen LogP) is 4.21. The van der Waals surface area contributed by atoms with Crippen molar-refractivity contribution in [3.63, 3.8) is 0 Å². The van der Waals surface area contributed by atoms with Gasteiger partial charge in [-0.25, -0.2) is 8.78 Å². The fourth-order valence-electron chi connectivity index (χ4n) is 1.27. The molecule has 1 aromatic rings. The number of benzene rings is 1. The third-order valence-electron chi connectivity index (χ3n) is 1.84. The molecule has 0 bridgehead atoms. The minimum atomic E-state index is -0.707. The summed E-state index contributed by atoms with van der Waals surface area (Å²) < 4.78 is 26.2. The zero-order valence-corrected chi connectivity index (χ0v) is 9.25. The van der Waals surface area contributed by atoms with E-state index in [9.17, 15) is 8.78 Å². The molecule has 0 spiro atoms. The van der Waals surface area contributed by atoms with Crippen molar-refractivity contribution in [2.75, 3.05) is 0 Å². The maximum Gasteiger partial charge on any atom is 0.147 e. The molecule has 0 aromatic heterocycles. The van der Waals surface area contributed by atoms with Crippen molar-refractivity contribution in [2.24, 2.45) is 5.41 Å². The smallest absolute Gasteiger partial charge is 0.147 e. The maximum atomic E-state index is 13.4. The van der Waals surface area contributed by atoms with Crippen LogP contribution in [-0.2, 0) is 6.42 Å². The molecule has 0 heterocycles. The Morgan fingerprint density at radius 2 is 1.79 bits per heavy atom. The molecule has 0 atom stereocenters. The number of hydrogen-bond donors (Lipinski definition) is 0. The van der Waals surface area contributed by atoms with Gasteiger partial charge in [0.25, 0.3) is 0 Å². The summed E-state index contributed by atoms with van der Waals surface area (Å²) in [5.74, 6) is -1.34. The molecule has 3 heteroatoms. The van der Waals surface area contributed by atoms with Crippen molar-refractivity contribution in [1.82, 2.24) is 0 Å². The molecule has 0 saturated heterocycles. The monoisotopic (exact) mass is 218 g/mol. The Kier molecular flexibility index (Phi) is 3.15. The Morgan fingerprint density at radius 1 is 1.21 bits per heavy atom. The summed E-state index contributed by atoms with van der Waals surface area (Å²) in [5, 5.41) is -0.410. The van der Waals surface area contributed by atoms with Crippen LogP contribution in [0.25, 0.3) is 0 Å². The lowest BCUT2D eigenvalue weighted by Crippen LogP contribution is -2.10. The average molecular weight is 219 g/mol. The highest BCUT2D eigenvalue weighted by molar-refractivity contribution is 6.30. The van der Waals surface area contributed by atoms with Crippen LogP contribution in [0.15, 0.2) is 12.1 Å². The molecular formula is C11H13ClF2. The van der Waals surface area contributed by atoms with E-state index in [4.69, 9.17) is 11.6 Å². The minimum absolute atomic E-state index is 0.0397. The topological polar surface area (TPSA) is 0 Å². The second-order valence-corrected chi connectivity index (χ2v) is 4.95. The van der Waals surface area contributed by atoms with Crippen molar-refractivity contribution in [2.45, 2.75) is 27.2 Å². The summed E-state index contributed by atoms with van der Waals surface area (Å²) in [6.07, 6.45) is 0.541. The van der Waals surface area contributed by atoms with E-state index in [-0.39, 0.29) is 5.41 Å². The summed E-state index contributed by atoms with van der Waals surface area (Å²) in [6.45, 7) is 5.97. The standard InChI is InChI=1S/C11H13ClF2/c1-11(2,3)6-7-4-5-8(13)9(12)10(7)14/h4-5H,6H2,1-3H3. The molecule has 0 N–H and O–H groups in total. The van der Waals surface area contributed by atoms with Crippen LogP contribution in [0.4, 0.5) is 8.78 Å². The highest BCUT2D eigenvalue weighted by Crippen LogP contribution is 2.27. The van der Waals surface area contributed by atoms with Gasteiger partial charge < -0.3 is 0 Å². The van der Waals surface area contributed by atoms with E-state index < -0.39 is 16.7 Å². The van der Waals surface area contributed by atoms with Crippen LogP contribution >= 0.6 is 11.6 Å². The van der Waals surface area contributed by atoms with E-state index >= 15 is 0 Å². The van der Waals surface area contributed by atoms with Crippen LogP contribution in [0.1, 0.15) is 26.3 Å². The average Bonchev–Trinajstić information content (AvgIpc) is 2.04. The summed E-state index contributed by atoms with van der Waals surface area (Å²) in [6, 6.07) is 2.65. The fraction of sp³-hybridized carbons (Fsp3) is 0.455. The van der Waals surface area contributed by atoms with Crippen molar-refractivity contribution in [1.29, 1.82) is 0 Å². The van der Waals surface area contributed by atoms with E-state index in [2.05, 4.69) is 0 Å². The molecule has 0 radical (unpaired) electrons. The first kappa shape index (κ1) is 11.4. The Labute approximate surface area is 87.9 Å². The van der Waals surface area contributed by atoms with Gasteiger partial charge in [0.2, 0.25) is 0 Å². The number of halogens is 3. The van der Waals surface area contributed by atoms with Crippen molar-refractivity contribution in [3.05, 3.63) is 34.4 Å². The summed E-state index contributed by atoms with van der Waals surface area (Å²) in [7, 11) is 0. The molecule has 1 rings (SSSR count). The van der Waals surface area contributed by atoms with Crippen LogP contribution in [0.2, 0.25) is 5.02 Å². The van der Waals surface area contributed by atoms with Gasteiger partial charge in [-0.15, -0.1) is 0 Å². The highest BCUT2D eigenvalue weighted by atomic mass is 35.5. The van der Waals surface area contributed by atoms with E-state index in [0.717, 1.165) is 0 Å². The quantitative estimate of drug-likeness (QED) is 0.620. The Bertz CT molecular complexity index is 340. The maximum absolute atomic E-state index is 13.4. The van der Waals surface area contributed by atoms with Gasteiger partial charge in [0.15, 0.2) is 0 Å². The van der Waals surface area contributed by atoms with E-state index in [0.29, 0.717) is 12.0 Å². The molecule has 0 unspecified atom stereocenters. The van der Waals surface area contributed by atoms with E-state index in [1.165, 1.54) is 12.1 Å². The Balaban J connectivity index is 3.06. The van der Waals surface area contributed by atoms with Gasteiger partial charge in [0, 0.05) is 0 Å². The first-order chi connectivity index (χ1) is 6.31. The molecule has 0 amide bonds. The number of hydrogen-bond acceptors (Lipinski definition) is 0. The van der Waals surface area contributed by atoms with Crippen molar-refractivity contribution >= 4 is 11.6 Å². The van der Waals surface area contributed by atoms with E-state index in [1.807, 2.05) is 20.8 Å². The molecule has 0 aliphatic carbocycles. The van der Waals surface area contributed by atoms with Gasteiger partial charge in [0.1, 0.15) is 16.7 Å². The molecule has 1 aromatic carbocycles. The summed E-state index contributed by atoms with van der Waals surface area (Å²) >= 11 is 5.46. The molecule has 78 valence electrons. The van der Waals surface area contributed by atoms with Crippen LogP contribution in [0.5, 0.6) is 0 Å². The fourth-order valence-corrected chi connectivity index (χ4v) is 1.46. The van der Waals surface area contributed by atoms with Gasteiger partial charge in [-0.05, 0) is 23.5 Å². The summed E-state index contributed by atoms with van der Waals surface area (Å²) in [4.78, 5) is 0. The second kappa shape index (κ2) is 3.85. The molecule has 14 heavy (non-hydrogen) atoms. The van der Waals surface area contributed by atoms with Gasteiger partial charge in [0.05, 0.1) is 0 Å². The molecule has 0 saturated carbocycles. The molecular weight excluding hydrogens is 206 g/mol. The molecule has 0 nitrogen and oxygen atoms in total. The first-order valence-corrected chi connectivity index (χ1v) is 4.81. The molecule has 0 fully saturated rings. The van der Waals surface area contributed by atoms with Gasteiger partial charge in [-0.1, -0.05) is 38.4 Å². The van der Waals surface area contributed by atoms with E-state index in [1.54, 1.807) is 0 Å². The van der Waals surface area contributed by atoms with Gasteiger partial charge >= 0.3 is 0 Å². The van der Waals surface area contributed by atoms with Crippen molar-refractivity contribution < 1.29 is 8.78 Å². The Morgan fingerprint density at radius 3 is 2.29 bits per heavy atom. The lowest BCUT2D eigenvalue weighted by Gasteiger charge is -2.18. The van der Waals surface area contributed by atoms with Crippen molar-refractivity contribution in [3.8, 4) is 0 Å². The predicted molar refractivity (Wildman–Crippen MR) is 54.5 cm³/mol. The lowest BCUT2D eigenvalue weighted by atomic mass is 9.88. The molecule has 0 aliphatic heterocycles. The highest BCUT2D eigenvalue weighted by Gasteiger charge is 2.17. The lowest BCUT2D eigenvalue weighted by molar-refractivity contribution is 0.401. The van der Waals surface area contributed by atoms with Gasteiger partial charge in [-0.3, -0.25) is 0 Å². The molecule has 0 aliphatic rings. The second-order valence-electron chi connectivity index (χ2n) is 4.57. The van der Waals surface area contributed by atoms with Crippen LogP contribution < -0.4 is 0 Å². The largest absolute Gasteiger partial charge is 0.205 e. The normalized spacial score (nSPS) is 11.9. The first-order valence-electron chi connectivity index (χ1n) is 4.43. The number of rotatable bonds is 1.